The SMILES string of the molecule is CN1CCC(N(C)c2nc3cc(NC(=O)c4ccc(-c5ccc(F)cc5)s4)ccc3o2)CC1. The van der Waals surface area contributed by atoms with Crippen LogP contribution in [0.25, 0.3) is 21.5 Å². The Morgan fingerprint density at radius 2 is 1.91 bits per heavy atom. The Balaban J connectivity index is 1.29. The first-order valence-electron chi connectivity index (χ1n) is 11.0. The van der Waals surface area contributed by atoms with Crippen molar-refractivity contribution in [3.63, 3.8) is 0 Å². The largest absolute Gasteiger partial charge is 0.423 e. The van der Waals surface area contributed by atoms with Crippen LogP contribution in [0.15, 0.2) is 59.0 Å². The maximum atomic E-state index is 13.2. The van der Waals surface area contributed by atoms with Gasteiger partial charge in [-0.25, -0.2) is 4.39 Å². The van der Waals surface area contributed by atoms with E-state index >= 15 is 0 Å². The molecule has 1 aliphatic rings. The Labute approximate surface area is 195 Å². The lowest BCUT2D eigenvalue weighted by Gasteiger charge is -2.34. The van der Waals surface area contributed by atoms with Gasteiger partial charge >= 0.3 is 0 Å². The van der Waals surface area contributed by atoms with Crippen molar-refractivity contribution in [2.24, 2.45) is 0 Å². The molecule has 1 fully saturated rings. The standard InChI is InChI=1S/C25H25FN4O2S/c1-29-13-11-19(12-14-29)30(2)25-28-20-15-18(7-8-21(20)32-25)27-24(31)23-10-9-22(33-23)16-3-5-17(26)6-4-16/h3-10,15,19H,11-14H2,1-2H3,(H,27,31). The molecule has 1 saturated heterocycles. The summed E-state index contributed by atoms with van der Waals surface area (Å²) in [6.07, 6.45) is 2.15. The van der Waals surface area contributed by atoms with Crippen molar-refractivity contribution in [3.05, 3.63) is 65.3 Å². The molecule has 3 heterocycles. The molecule has 2 aromatic carbocycles. The molecule has 2 aromatic heterocycles. The molecule has 0 unspecified atom stereocenters. The Hall–Kier alpha value is -3.23. The van der Waals surface area contributed by atoms with Gasteiger partial charge in [-0.3, -0.25) is 4.79 Å². The van der Waals surface area contributed by atoms with Crippen LogP contribution < -0.4 is 10.2 Å². The molecule has 0 radical (unpaired) electrons. The van der Waals surface area contributed by atoms with Crippen LogP contribution in [0.1, 0.15) is 22.5 Å². The van der Waals surface area contributed by atoms with Gasteiger partial charge in [0, 0.05) is 23.7 Å². The van der Waals surface area contributed by atoms with Crippen molar-refractivity contribution in [2.75, 3.05) is 37.4 Å². The number of halogens is 1. The molecule has 1 amide bonds. The van der Waals surface area contributed by atoms with Crippen LogP contribution in [0.3, 0.4) is 0 Å². The van der Waals surface area contributed by atoms with Gasteiger partial charge in [-0.1, -0.05) is 12.1 Å². The van der Waals surface area contributed by atoms with Gasteiger partial charge < -0.3 is 19.5 Å². The zero-order valence-corrected chi connectivity index (χ0v) is 19.4. The maximum absolute atomic E-state index is 13.2. The van der Waals surface area contributed by atoms with Crippen LogP contribution in [-0.2, 0) is 0 Å². The molecular weight excluding hydrogens is 439 g/mol. The summed E-state index contributed by atoms with van der Waals surface area (Å²) in [6.45, 7) is 2.13. The molecule has 0 bridgehead atoms. The third-order valence-corrected chi connectivity index (χ3v) is 7.26. The van der Waals surface area contributed by atoms with Crippen LogP contribution >= 0.6 is 11.3 Å². The van der Waals surface area contributed by atoms with Crippen molar-refractivity contribution in [1.82, 2.24) is 9.88 Å². The van der Waals surface area contributed by atoms with Gasteiger partial charge in [0.1, 0.15) is 11.3 Å². The lowest BCUT2D eigenvalue weighted by Crippen LogP contribution is -2.42. The summed E-state index contributed by atoms with van der Waals surface area (Å²) in [4.78, 5) is 23.4. The number of nitrogens with zero attached hydrogens (tertiary/aromatic N) is 3. The summed E-state index contributed by atoms with van der Waals surface area (Å²) in [7, 11) is 4.17. The fourth-order valence-corrected chi connectivity index (χ4v) is 5.01. The highest BCUT2D eigenvalue weighted by atomic mass is 32.1. The number of hydrogen-bond donors (Lipinski definition) is 1. The molecule has 6 nitrogen and oxygen atoms in total. The molecule has 33 heavy (non-hydrogen) atoms. The van der Waals surface area contributed by atoms with E-state index in [-0.39, 0.29) is 11.7 Å². The zero-order valence-electron chi connectivity index (χ0n) is 18.5. The molecule has 1 N–H and O–H groups in total. The second-order valence-electron chi connectivity index (χ2n) is 8.45. The number of piperidine rings is 1. The summed E-state index contributed by atoms with van der Waals surface area (Å²) in [5.74, 6) is -0.475. The third-order valence-electron chi connectivity index (χ3n) is 6.13. The van der Waals surface area contributed by atoms with Gasteiger partial charge in [-0.05, 0) is 81.0 Å². The van der Waals surface area contributed by atoms with E-state index < -0.39 is 0 Å². The van der Waals surface area contributed by atoms with E-state index in [1.807, 2.05) is 31.3 Å². The molecule has 4 aromatic rings. The van der Waals surface area contributed by atoms with Crippen LogP contribution in [0.2, 0.25) is 0 Å². The maximum Gasteiger partial charge on any atom is 0.298 e. The minimum Gasteiger partial charge on any atom is -0.423 e. The predicted molar refractivity (Wildman–Crippen MR) is 131 cm³/mol. The molecule has 8 heteroatoms. The number of hydrogen-bond acceptors (Lipinski definition) is 6. The molecule has 0 spiro atoms. The number of benzene rings is 2. The summed E-state index contributed by atoms with van der Waals surface area (Å²) < 4.78 is 19.1. The van der Waals surface area contributed by atoms with Crippen LogP contribution in [0.4, 0.5) is 16.1 Å². The van der Waals surface area contributed by atoms with Crippen LogP contribution in [0.5, 0.6) is 0 Å². The quantitative estimate of drug-likeness (QED) is 0.424. The van der Waals surface area contributed by atoms with E-state index in [4.69, 9.17) is 4.42 Å². The molecule has 170 valence electrons. The van der Waals surface area contributed by atoms with Gasteiger partial charge in [-0.2, -0.15) is 4.98 Å². The number of carbonyl (C=O) groups excluding carboxylic acids is 1. The number of nitrogens with one attached hydrogen (secondary N) is 1. The van der Waals surface area contributed by atoms with Crippen molar-refractivity contribution in [1.29, 1.82) is 0 Å². The Kier molecular flexibility index (Phi) is 5.86. The molecule has 1 aliphatic heterocycles. The summed E-state index contributed by atoms with van der Waals surface area (Å²) in [5, 5.41) is 2.94. The Bertz CT molecular complexity index is 1280. The lowest BCUT2D eigenvalue weighted by molar-refractivity contribution is 0.103. The van der Waals surface area contributed by atoms with E-state index in [2.05, 4.69) is 27.1 Å². The van der Waals surface area contributed by atoms with E-state index in [1.165, 1.54) is 23.5 Å². The van der Waals surface area contributed by atoms with E-state index in [0.29, 0.717) is 33.7 Å². The molecule has 0 saturated carbocycles. The number of amides is 1. The number of carbonyl (C=O) groups is 1. The Morgan fingerprint density at radius 1 is 1.15 bits per heavy atom. The van der Waals surface area contributed by atoms with Crippen molar-refractivity contribution in [2.45, 2.75) is 18.9 Å². The normalized spacial score (nSPS) is 15.1. The van der Waals surface area contributed by atoms with Gasteiger partial charge in [0.2, 0.25) is 0 Å². The molecule has 0 aliphatic carbocycles. The minimum absolute atomic E-state index is 0.195. The average Bonchev–Trinajstić information content (AvgIpc) is 3.47. The number of oxazole rings is 1. The predicted octanol–water partition coefficient (Wildman–Crippen LogP) is 5.48. The first-order chi connectivity index (χ1) is 16.0. The number of fused-ring (bicyclic) bond motifs is 1. The van der Waals surface area contributed by atoms with Crippen LogP contribution in [0, 0.1) is 5.82 Å². The molecule has 5 rings (SSSR count). The summed E-state index contributed by atoms with van der Waals surface area (Å²) >= 11 is 1.37. The number of thiophene rings is 1. The second-order valence-corrected chi connectivity index (χ2v) is 9.53. The van der Waals surface area contributed by atoms with Crippen LogP contribution in [-0.4, -0.2) is 49.0 Å². The van der Waals surface area contributed by atoms with Gasteiger partial charge in [0.05, 0.1) is 4.88 Å². The average molecular weight is 465 g/mol. The number of anilines is 2. The highest BCUT2D eigenvalue weighted by molar-refractivity contribution is 7.17. The van der Waals surface area contributed by atoms with E-state index in [9.17, 15) is 9.18 Å². The van der Waals surface area contributed by atoms with Crippen molar-refractivity contribution >= 4 is 40.0 Å². The van der Waals surface area contributed by atoms with Gasteiger partial charge in [-0.15, -0.1) is 11.3 Å². The number of aromatic nitrogens is 1. The summed E-state index contributed by atoms with van der Waals surface area (Å²) in [6, 6.07) is 16.4. The first-order valence-corrected chi connectivity index (χ1v) is 11.8. The fraction of sp³-hybridized carbons (Fsp3) is 0.280. The highest BCUT2D eigenvalue weighted by Gasteiger charge is 2.24. The second kappa shape index (κ2) is 8.96. The van der Waals surface area contributed by atoms with Crippen molar-refractivity contribution in [3.8, 4) is 10.4 Å². The number of rotatable bonds is 5. The van der Waals surface area contributed by atoms with Gasteiger partial charge in [0.15, 0.2) is 5.58 Å². The first kappa shape index (κ1) is 21.6. The molecule has 0 atom stereocenters. The minimum atomic E-state index is -0.280. The molecular formula is C25H25FN4O2S. The highest BCUT2D eigenvalue weighted by Crippen LogP contribution is 2.30. The third kappa shape index (κ3) is 4.62. The smallest absolute Gasteiger partial charge is 0.298 e. The Morgan fingerprint density at radius 3 is 2.67 bits per heavy atom. The fourth-order valence-electron chi connectivity index (χ4n) is 4.10. The van der Waals surface area contributed by atoms with Gasteiger partial charge in [0.25, 0.3) is 11.9 Å². The van der Waals surface area contributed by atoms with Crippen molar-refractivity contribution < 1.29 is 13.6 Å². The topological polar surface area (TPSA) is 61.6 Å². The monoisotopic (exact) mass is 464 g/mol. The number of likely N-dealkylation sites (tertiary alicyclic amines) is 1. The lowest BCUT2D eigenvalue weighted by atomic mass is 10.0. The zero-order chi connectivity index (χ0) is 22.9. The van der Waals surface area contributed by atoms with E-state index in [1.54, 1.807) is 18.2 Å². The summed E-state index contributed by atoms with van der Waals surface area (Å²) in [5.41, 5.74) is 2.94. The van der Waals surface area contributed by atoms with E-state index in [0.717, 1.165) is 36.4 Å².